The molecule has 0 aliphatic heterocycles. The van der Waals surface area contributed by atoms with Crippen molar-refractivity contribution in [3.05, 3.63) is 76.5 Å². The molecule has 4 heteroatoms. The lowest BCUT2D eigenvalue weighted by atomic mass is 9.75. The number of aromatic carboxylic acids is 1. The number of benzene rings is 2. The highest BCUT2D eigenvalue weighted by Gasteiger charge is 2.31. The number of carbonyl (C=O) groups is 1. The van der Waals surface area contributed by atoms with Gasteiger partial charge >= 0.3 is 5.97 Å². The molecule has 1 aliphatic rings. The predicted octanol–water partition coefficient (Wildman–Crippen LogP) is 4.71. The normalized spacial score (nSPS) is 18.7. The lowest BCUT2D eigenvalue weighted by Crippen LogP contribution is -2.23. The number of carboxylic acid groups (broad SMARTS) is 1. The zero-order chi connectivity index (χ0) is 19.0. The largest absolute Gasteiger partial charge is 0.478 e. The van der Waals surface area contributed by atoms with E-state index >= 15 is 0 Å². The van der Waals surface area contributed by atoms with Crippen molar-refractivity contribution in [3.63, 3.8) is 0 Å². The van der Waals surface area contributed by atoms with Gasteiger partial charge in [-0.05, 0) is 54.5 Å². The van der Waals surface area contributed by atoms with Crippen molar-refractivity contribution in [1.82, 2.24) is 4.98 Å². The molecule has 1 N–H and O–H groups in total. The van der Waals surface area contributed by atoms with Gasteiger partial charge in [0.05, 0.1) is 22.7 Å². The van der Waals surface area contributed by atoms with Crippen LogP contribution in [-0.4, -0.2) is 16.1 Å². The van der Waals surface area contributed by atoms with E-state index in [4.69, 9.17) is 10.2 Å². The lowest BCUT2D eigenvalue weighted by Gasteiger charge is -2.30. The van der Waals surface area contributed by atoms with Crippen molar-refractivity contribution < 1.29 is 9.90 Å². The number of pyridine rings is 1. The maximum Gasteiger partial charge on any atom is 0.336 e. The van der Waals surface area contributed by atoms with Gasteiger partial charge in [0.25, 0.3) is 0 Å². The first-order valence-electron chi connectivity index (χ1n) is 9.20. The summed E-state index contributed by atoms with van der Waals surface area (Å²) in [6.07, 6.45) is 2.53. The summed E-state index contributed by atoms with van der Waals surface area (Å²) in [5, 5.41) is 19.6. The van der Waals surface area contributed by atoms with Crippen LogP contribution in [0.4, 0.5) is 0 Å². The van der Waals surface area contributed by atoms with E-state index in [1.165, 1.54) is 0 Å². The molecule has 134 valence electrons. The van der Waals surface area contributed by atoms with Gasteiger partial charge in [-0.15, -0.1) is 0 Å². The molecule has 1 aromatic heterocycles. The maximum atomic E-state index is 12.1. The van der Waals surface area contributed by atoms with Gasteiger partial charge in [0.15, 0.2) is 0 Å². The Hall–Kier alpha value is -3.19. The maximum absolute atomic E-state index is 12.1. The second kappa shape index (κ2) is 6.85. The minimum absolute atomic E-state index is 0.180. The third-order valence-electron chi connectivity index (χ3n) is 5.43. The Balaban J connectivity index is 1.83. The molecular weight excluding hydrogens is 336 g/mol. The first-order valence-corrected chi connectivity index (χ1v) is 9.20. The smallest absolute Gasteiger partial charge is 0.336 e. The van der Waals surface area contributed by atoms with Crippen LogP contribution >= 0.6 is 0 Å². The van der Waals surface area contributed by atoms with Gasteiger partial charge in [-0.2, -0.15) is 5.26 Å². The fourth-order valence-electron chi connectivity index (χ4n) is 4.27. The minimum atomic E-state index is -0.879. The number of hydrogen-bond donors (Lipinski definition) is 1. The van der Waals surface area contributed by atoms with Crippen molar-refractivity contribution in [3.8, 4) is 6.07 Å². The molecule has 0 bridgehead atoms. The van der Waals surface area contributed by atoms with Crippen LogP contribution in [-0.2, 0) is 12.8 Å². The number of carboxylic acids is 1. The average molecular weight is 356 g/mol. The Morgan fingerprint density at radius 3 is 2.67 bits per heavy atom. The predicted molar refractivity (Wildman–Crippen MR) is 104 cm³/mol. The van der Waals surface area contributed by atoms with Crippen LogP contribution < -0.4 is 0 Å². The fourth-order valence-corrected chi connectivity index (χ4v) is 4.27. The zero-order valence-electron chi connectivity index (χ0n) is 15.1. The number of aromatic nitrogens is 1. The number of nitriles is 1. The number of hydrogen-bond acceptors (Lipinski definition) is 3. The van der Waals surface area contributed by atoms with Gasteiger partial charge in [0.1, 0.15) is 0 Å². The summed E-state index contributed by atoms with van der Waals surface area (Å²) in [6, 6.07) is 17.3. The monoisotopic (exact) mass is 356 g/mol. The van der Waals surface area contributed by atoms with E-state index in [1.807, 2.05) is 48.5 Å². The van der Waals surface area contributed by atoms with Crippen LogP contribution in [0.5, 0.6) is 0 Å². The van der Waals surface area contributed by atoms with E-state index in [9.17, 15) is 9.90 Å². The van der Waals surface area contributed by atoms with Crippen molar-refractivity contribution in [2.24, 2.45) is 5.92 Å². The summed E-state index contributed by atoms with van der Waals surface area (Å²) >= 11 is 0. The van der Waals surface area contributed by atoms with Crippen LogP contribution in [0, 0.1) is 17.2 Å². The third kappa shape index (κ3) is 3.17. The summed E-state index contributed by atoms with van der Waals surface area (Å²) in [5.74, 6) is -0.294. The second-order valence-corrected chi connectivity index (χ2v) is 7.43. The molecule has 27 heavy (non-hydrogen) atoms. The minimum Gasteiger partial charge on any atom is -0.478 e. The molecular formula is C23H20N2O2. The number of rotatable bonds is 3. The van der Waals surface area contributed by atoms with Gasteiger partial charge in [-0.3, -0.25) is 4.98 Å². The lowest BCUT2D eigenvalue weighted by molar-refractivity contribution is 0.0697. The van der Waals surface area contributed by atoms with Crippen molar-refractivity contribution in [2.45, 2.75) is 32.1 Å². The summed E-state index contributed by atoms with van der Waals surface area (Å²) in [7, 11) is 0. The Morgan fingerprint density at radius 1 is 1.22 bits per heavy atom. The Bertz CT molecular complexity index is 1060. The zero-order valence-corrected chi connectivity index (χ0v) is 15.1. The fraction of sp³-hybridized carbons (Fsp3) is 0.261. The van der Waals surface area contributed by atoms with Crippen LogP contribution in [0.3, 0.4) is 0 Å². The molecule has 4 nitrogen and oxygen atoms in total. The van der Waals surface area contributed by atoms with Gasteiger partial charge in [0.2, 0.25) is 0 Å². The Kier molecular flexibility index (Phi) is 4.37. The molecule has 0 saturated heterocycles. The molecule has 2 unspecified atom stereocenters. The highest BCUT2D eigenvalue weighted by Crippen LogP contribution is 2.39. The molecule has 1 aliphatic carbocycles. The summed E-state index contributed by atoms with van der Waals surface area (Å²) in [6.45, 7) is 2.18. The van der Waals surface area contributed by atoms with Crippen molar-refractivity contribution in [2.75, 3.05) is 0 Å². The second-order valence-electron chi connectivity index (χ2n) is 7.43. The highest BCUT2D eigenvalue weighted by molar-refractivity contribution is 6.04. The molecule has 0 radical (unpaired) electrons. The molecule has 0 saturated carbocycles. The van der Waals surface area contributed by atoms with Crippen LogP contribution in [0.2, 0.25) is 0 Å². The van der Waals surface area contributed by atoms with Gasteiger partial charge < -0.3 is 5.11 Å². The summed E-state index contributed by atoms with van der Waals surface area (Å²) < 4.78 is 0. The molecule has 0 amide bonds. The van der Waals surface area contributed by atoms with E-state index in [2.05, 4.69) is 13.0 Å². The number of para-hydroxylation sites is 1. The van der Waals surface area contributed by atoms with Crippen molar-refractivity contribution >= 4 is 16.9 Å². The Labute approximate surface area is 158 Å². The molecule has 0 spiro atoms. The van der Waals surface area contributed by atoms with E-state index in [1.54, 1.807) is 0 Å². The van der Waals surface area contributed by atoms with Crippen LogP contribution in [0.15, 0.2) is 48.5 Å². The third-order valence-corrected chi connectivity index (χ3v) is 5.43. The van der Waals surface area contributed by atoms with E-state index in [-0.39, 0.29) is 5.92 Å². The molecule has 0 fully saturated rings. The van der Waals surface area contributed by atoms with E-state index in [0.717, 1.165) is 47.0 Å². The van der Waals surface area contributed by atoms with E-state index in [0.29, 0.717) is 17.0 Å². The van der Waals surface area contributed by atoms with Crippen molar-refractivity contribution in [1.29, 1.82) is 5.26 Å². The average Bonchev–Trinajstić information content (AvgIpc) is 2.66. The Morgan fingerprint density at radius 2 is 1.96 bits per heavy atom. The molecule has 4 rings (SSSR count). The molecule has 3 aromatic rings. The van der Waals surface area contributed by atoms with Gasteiger partial charge in [0, 0.05) is 17.0 Å². The molecule has 1 heterocycles. The first kappa shape index (κ1) is 17.2. The standard InChI is InChI=1S/C23H20N2O2/c1-14-10-17(12-15-6-8-16(13-24)9-7-15)22-19(11-14)21(23(26)27)18-4-2-3-5-20(18)25-22/h2-9,14,17H,10-12H2,1H3,(H,26,27). The number of fused-ring (bicyclic) bond motifs is 2. The summed E-state index contributed by atoms with van der Waals surface area (Å²) in [5.41, 5.74) is 4.76. The topological polar surface area (TPSA) is 74.0 Å². The van der Waals surface area contributed by atoms with Crippen LogP contribution in [0.1, 0.15) is 52.0 Å². The van der Waals surface area contributed by atoms with Gasteiger partial charge in [-0.1, -0.05) is 37.3 Å². The highest BCUT2D eigenvalue weighted by atomic mass is 16.4. The molecule has 2 atom stereocenters. The van der Waals surface area contributed by atoms with E-state index < -0.39 is 5.97 Å². The SMILES string of the molecule is CC1Cc2c(nc3ccccc3c2C(=O)O)C(Cc2ccc(C#N)cc2)C1. The molecule has 2 aromatic carbocycles. The summed E-state index contributed by atoms with van der Waals surface area (Å²) in [4.78, 5) is 17.0. The van der Waals surface area contributed by atoms with Crippen LogP contribution in [0.25, 0.3) is 10.9 Å². The van der Waals surface area contributed by atoms with Gasteiger partial charge in [-0.25, -0.2) is 4.79 Å². The number of nitrogens with zero attached hydrogens (tertiary/aromatic N) is 2. The first-order chi connectivity index (χ1) is 13.1. The quantitative estimate of drug-likeness (QED) is 0.737.